The number of hydrogen-bond donors (Lipinski definition) is 1. The highest BCUT2D eigenvalue weighted by Crippen LogP contribution is 2.11. The van der Waals surface area contributed by atoms with E-state index in [1.165, 1.54) is 12.1 Å². The van der Waals surface area contributed by atoms with Crippen molar-refractivity contribution in [2.45, 2.75) is 13.3 Å². The van der Waals surface area contributed by atoms with Crippen molar-refractivity contribution in [3.05, 3.63) is 35.6 Å². The van der Waals surface area contributed by atoms with E-state index in [1.807, 2.05) is 0 Å². The van der Waals surface area contributed by atoms with E-state index in [2.05, 4.69) is 0 Å². The molecule has 0 fully saturated rings. The Hall–Kier alpha value is -0.940. The van der Waals surface area contributed by atoms with Crippen molar-refractivity contribution in [3.8, 4) is 0 Å². The van der Waals surface area contributed by atoms with Gasteiger partial charge < -0.3 is 0 Å². The largest absolute Gasteiger partial charge is 0.286 e. The second-order valence-electron chi connectivity index (χ2n) is 3.69. The summed E-state index contributed by atoms with van der Waals surface area (Å²) in [5.41, 5.74) is 0.728. The molecule has 0 amide bonds. The van der Waals surface area contributed by atoms with Gasteiger partial charge in [-0.2, -0.15) is 8.42 Å². The van der Waals surface area contributed by atoms with Gasteiger partial charge in [-0.1, -0.05) is 19.1 Å². The van der Waals surface area contributed by atoms with E-state index < -0.39 is 10.1 Å². The summed E-state index contributed by atoms with van der Waals surface area (Å²) in [4.78, 5) is 0. The van der Waals surface area contributed by atoms with E-state index in [9.17, 15) is 12.8 Å². The zero-order valence-electron chi connectivity index (χ0n) is 8.35. The molecule has 0 bridgehead atoms. The lowest BCUT2D eigenvalue weighted by Gasteiger charge is -2.09. The fourth-order valence-electron chi connectivity index (χ4n) is 1.48. The monoisotopic (exact) mass is 232 g/mol. The molecule has 0 aliphatic rings. The van der Waals surface area contributed by atoms with Gasteiger partial charge in [-0.25, -0.2) is 4.39 Å². The minimum Gasteiger partial charge on any atom is -0.286 e. The third kappa shape index (κ3) is 4.90. The molecule has 15 heavy (non-hydrogen) atoms. The maximum Gasteiger partial charge on any atom is 0.265 e. The standard InChI is InChI=1S/C10H13FO3S/c1-8(7-15(12,13)14)5-9-3-2-4-10(11)6-9/h2-4,6,8H,5,7H2,1H3,(H,12,13,14). The predicted octanol–water partition coefficient (Wildman–Crippen LogP) is 1.89. The van der Waals surface area contributed by atoms with Gasteiger partial charge in [0.2, 0.25) is 0 Å². The van der Waals surface area contributed by atoms with Crippen LogP contribution in [-0.4, -0.2) is 18.7 Å². The van der Waals surface area contributed by atoms with Crippen molar-refractivity contribution < 1.29 is 17.4 Å². The third-order valence-electron chi connectivity index (χ3n) is 1.97. The average Bonchev–Trinajstić information content (AvgIpc) is 1.99. The summed E-state index contributed by atoms with van der Waals surface area (Å²) in [6.45, 7) is 1.69. The molecule has 0 heterocycles. The molecule has 0 spiro atoms. The Bertz CT molecular complexity index is 428. The Kier molecular flexibility index (Phi) is 3.82. The molecule has 84 valence electrons. The topological polar surface area (TPSA) is 54.4 Å². The Morgan fingerprint density at radius 2 is 2.13 bits per heavy atom. The van der Waals surface area contributed by atoms with Crippen LogP contribution in [0.5, 0.6) is 0 Å². The summed E-state index contributed by atoms with van der Waals surface area (Å²) in [5.74, 6) is -0.878. The van der Waals surface area contributed by atoms with E-state index in [-0.39, 0.29) is 17.5 Å². The summed E-state index contributed by atoms with van der Waals surface area (Å²) in [6.07, 6.45) is 0.428. The first-order valence-corrected chi connectivity index (χ1v) is 6.17. The van der Waals surface area contributed by atoms with Crippen LogP contribution in [0.1, 0.15) is 12.5 Å². The van der Waals surface area contributed by atoms with Gasteiger partial charge in [-0.05, 0) is 30.0 Å². The first-order chi connectivity index (χ1) is 6.87. The number of hydrogen-bond acceptors (Lipinski definition) is 2. The molecule has 1 N–H and O–H groups in total. The number of benzene rings is 1. The smallest absolute Gasteiger partial charge is 0.265 e. The van der Waals surface area contributed by atoms with E-state index >= 15 is 0 Å². The molecule has 1 unspecified atom stereocenters. The average molecular weight is 232 g/mol. The van der Waals surface area contributed by atoms with Crippen molar-refractivity contribution in [2.24, 2.45) is 5.92 Å². The van der Waals surface area contributed by atoms with Crippen molar-refractivity contribution in [2.75, 3.05) is 5.75 Å². The summed E-state index contributed by atoms with van der Waals surface area (Å²) in [6, 6.07) is 5.99. The van der Waals surface area contributed by atoms with Gasteiger partial charge in [0.15, 0.2) is 0 Å². The molecule has 0 aliphatic carbocycles. The zero-order chi connectivity index (χ0) is 11.5. The van der Waals surface area contributed by atoms with E-state index in [0.29, 0.717) is 6.42 Å². The lowest BCUT2D eigenvalue weighted by atomic mass is 10.0. The lowest BCUT2D eigenvalue weighted by molar-refractivity contribution is 0.468. The van der Waals surface area contributed by atoms with Gasteiger partial charge in [0.25, 0.3) is 10.1 Å². The second kappa shape index (κ2) is 4.72. The Balaban J connectivity index is 2.63. The molecule has 3 nitrogen and oxygen atoms in total. The number of rotatable bonds is 4. The Morgan fingerprint density at radius 3 is 2.67 bits per heavy atom. The number of halogens is 1. The van der Waals surface area contributed by atoms with Crippen molar-refractivity contribution in [3.63, 3.8) is 0 Å². The highest BCUT2D eigenvalue weighted by atomic mass is 32.2. The summed E-state index contributed by atoms with van der Waals surface area (Å²) < 4.78 is 42.6. The highest BCUT2D eigenvalue weighted by Gasteiger charge is 2.12. The van der Waals surface area contributed by atoms with Crippen molar-refractivity contribution in [1.29, 1.82) is 0 Å². The van der Waals surface area contributed by atoms with Gasteiger partial charge in [0.1, 0.15) is 5.82 Å². The van der Waals surface area contributed by atoms with Crippen LogP contribution < -0.4 is 0 Å². The molecule has 0 saturated carbocycles. The lowest BCUT2D eigenvalue weighted by Crippen LogP contribution is -2.14. The summed E-state index contributed by atoms with van der Waals surface area (Å²) >= 11 is 0. The zero-order valence-corrected chi connectivity index (χ0v) is 9.17. The first kappa shape index (κ1) is 12.1. The van der Waals surface area contributed by atoms with Gasteiger partial charge in [-0.15, -0.1) is 0 Å². The molecule has 5 heteroatoms. The van der Waals surface area contributed by atoms with E-state index in [0.717, 1.165) is 5.56 Å². The van der Waals surface area contributed by atoms with Crippen LogP contribution in [0.4, 0.5) is 4.39 Å². The van der Waals surface area contributed by atoms with E-state index in [4.69, 9.17) is 4.55 Å². The van der Waals surface area contributed by atoms with Gasteiger partial charge >= 0.3 is 0 Å². The molecular weight excluding hydrogens is 219 g/mol. The van der Waals surface area contributed by atoms with Crippen LogP contribution in [0.2, 0.25) is 0 Å². The maximum absolute atomic E-state index is 12.8. The van der Waals surface area contributed by atoms with Gasteiger partial charge in [0.05, 0.1) is 5.75 Å². The molecule has 1 rings (SSSR count). The molecule has 0 radical (unpaired) electrons. The summed E-state index contributed by atoms with van der Waals surface area (Å²) in [7, 11) is -3.95. The van der Waals surface area contributed by atoms with Crippen LogP contribution >= 0.6 is 0 Å². The molecule has 1 aromatic carbocycles. The Morgan fingerprint density at radius 1 is 1.47 bits per heavy atom. The maximum atomic E-state index is 12.8. The second-order valence-corrected chi connectivity index (χ2v) is 5.18. The fraction of sp³-hybridized carbons (Fsp3) is 0.400. The normalized spacial score (nSPS) is 13.8. The van der Waals surface area contributed by atoms with Crippen LogP contribution in [0.3, 0.4) is 0 Å². The Labute approximate surface area is 88.7 Å². The molecule has 1 aromatic rings. The molecule has 1 atom stereocenters. The minimum absolute atomic E-state index is 0.234. The minimum atomic E-state index is -3.95. The molecule has 0 aromatic heterocycles. The molecule has 0 aliphatic heterocycles. The SMILES string of the molecule is CC(Cc1cccc(F)c1)CS(=O)(=O)O. The van der Waals surface area contributed by atoms with Crippen LogP contribution in [0, 0.1) is 11.7 Å². The first-order valence-electron chi connectivity index (χ1n) is 4.56. The van der Waals surface area contributed by atoms with Gasteiger partial charge in [-0.3, -0.25) is 4.55 Å². The van der Waals surface area contributed by atoms with Crippen LogP contribution in [-0.2, 0) is 16.5 Å². The van der Waals surface area contributed by atoms with Gasteiger partial charge in [0, 0.05) is 0 Å². The molecule has 0 saturated heterocycles. The quantitative estimate of drug-likeness (QED) is 0.806. The van der Waals surface area contributed by atoms with Crippen LogP contribution in [0.15, 0.2) is 24.3 Å². The fourth-order valence-corrected chi connectivity index (χ4v) is 2.32. The van der Waals surface area contributed by atoms with E-state index in [1.54, 1.807) is 19.1 Å². The highest BCUT2D eigenvalue weighted by molar-refractivity contribution is 7.85. The van der Waals surface area contributed by atoms with Crippen molar-refractivity contribution >= 4 is 10.1 Å². The predicted molar refractivity (Wildman–Crippen MR) is 55.7 cm³/mol. The third-order valence-corrected chi connectivity index (χ3v) is 2.96. The van der Waals surface area contributed by atoms with Crippen LogP contribution in [0.25, 0.3) is 0 Å². The van der Waals surface area contributed by atoms with Crippen molar-refractivity contribution in [1.82, 2.24) is 0 Å². The summed E-state index contributed by atoms with van der Waals surface area (Å²) in [5, 5.41) is 0. The molecular formula is C10H13FO3S.